The second-order valence-electron chi connectivity index (χ2n) is 8.73. The molecule has 0 aliphatic carbocycles. The molecule has 182 valence electrons. The van der Waals surface area contributed by atoms with Crippen LogP contribution in [0.1, 0.15) is 43.0 Å². The van der Waals surface area contributed by atoms with Gasteiger partial charge in [0.05, 0.1) is 6.04 Å². The number of carbonyl (C=O) groups excluding carboxylic acids is 1. The van der Waals surface area contributed by atoms with Crippen LogP contribution in [0.3, 0.4) is 0 Å². The van der Waals surface area contributed by atoms with Gasteiger partial charge in [0.1, 0.15) is 12.1 Å². The van der Waals surface area contributed by atoms with Crippen molar-refractivity contribution in [2.75, 3.05) is 5.32 Å². The minimum absolute atomic E-state index is 0.253. The summed E-state index contributed by atoms with van der Waals surface area (Å²) in [6.07, 6.45) is 4.41. The van der Waals surface area contributed by atoms with Crippen LogP contribution in [-0.4, -0.2) is 48.7 Å². The molecule has 3 N–H and O–H groups in total. The molecule has 1 aromatic carbocycles. The summed E-state index contributed by atoms with van der Waals surface area (Å²) in [5.41, 5.74) is 1.84. The number of rotatable bonds is 7. The topological polar surface area (TPSA) is 125 Å². The van der Waals surface area contributed by atoms with Crippen molar-refractivity contribution in [2.45, 2.75) is 50.4 Å². The molecular weight excluding hydrogens is 448 g/mol. The Morgan fingerprint density at radius 3 is 2.54 bits per heavy atom. The van der Waals surface area contributed by atoms with Gasteiger partial charge in [-0.05, 0) is 56.0 Å². The van der Waals surface area contributed by atoms with E-state index in [9.17, 15) is 24.6 Å². The van der Waals surface area contributed by atoms with Crippen LogP contribution in [0.25, 0.3) is 0 Å². The van der Waals surface area contributed by atoms with Gasteiger partial charge >= 0.3 is 6.09 Å². The Bertz CT molecular complexity index is 1230. The number of nitrogens with zero attached hydrogens (tertiary/aromatic N) is 3. The maximum Gasteiger partial charge on any atom is 0.407 e. The van der Waals surface area contributed by atoms with Gasteiger partial charge in [-0.25, -0.2) is 4.79 Å². The van der Waals surface area contributed by atoms with Crippen molar-refractivity contribution in [3.63, 3.8) is 0 Å². The number of nitrogens with one attached hydrogen (secondary N) is 1. The van der Waals surface area contributed by atoms with E-state index in [2.05, 4.69) is 10.3 Å². The summed E-state index contributed by atoms with van der Waals surface area (Å²) < 4.78 is 1.36. The summed E-state index contributed by atoms with van der Waals surface area (Å²) >= 11 is 0. The Hall–Kier alpha value is -3.98. The molecule has 0 saturated carbocycles. The normalized spacial score (nSPS) is 19.2. The van der Waals surface area contributed by atoms with E-state index in [1.807, 2.05) is 12.1 Å². The molecule has 1 saturated heterocycles. The molecule has 2 aromatic heterocycles. The lowest BCUT2D eigenvalue weighted by atomic mass is 10.0. The highest BCUT2D eigenvalue weighted by Crippen LogP contribution is 2.34. The second-order valence-corrected chi connectivity index (χ2v) is 8.73. The van der Waals surface area contributed by atoms with Crippen molar-refractivity contribution in [3.05, 3.63) is 94.7 Å². The molecule has 0 spiro atoms. The first-order valence-corrected chi connectivity index (χ1v) is 11.5. The van der Waals surface area contributed by atoms with Crippen molar-refractivity contribution in [3.8, 4) is 0 Å². The Balaban J connectivity index is 1.40. The minimum atomic E-state index is -1.06. The largest absolute Gasteiger partial charge is 0.465 e. The summed E-state index contributed by atoms with van der Waals surface area (Å²) in [5.74, 6) is -0.314. The number of aliphatic hydroxyl groups excluding tert-OH is 1. The molecule has 0 radical (unpaired) electrons. The Labute approximate surface area is 202 Å². The van der Waals surface area contributed by atoms with E-state index < -0.39 is 24.3 Å². The zero-order chi connectivity index (χ0) is 24.9. The average Bonchev–Trinajstić information content (AvgIpc) is 3.29. The number of pyridine rings is 2. The third-order valence-corrected chi connectivity index (χ3v) is 6.50. The van der Waals surface area contributed by atoms with Gasteiger partial charge in [0.2, 0.25) is 5.91 Å². The molecule has 1 aliphatic rings. The third kappa shape index (κ3) is 5.41. The number of likely N-dealkylation sites (tertiary alicyclic amines) is 1. The number of amides is 2. The molecule has 0 unspecified atom stereocenters. The molecule has 2 amide bonds. The molecular formula is C26H28N4O5. The minimum Gasteiger partial charge on any atom is -0.465 e. The predicted molar refractivity (Wildman–Crippen MR) is 130 cm³/mol. The zero-order valence-electron chi connectivity index (χ0n) is 19.3. The number of hydrogen-bond acceptors (Lipinski definition) is 5. The highest BCUT2D eigenvalue weighted by atomic mass is 16.4. The van der Waals surface area contributed by atoms with Crippen molar-refractivity contribution in [2.24, 2.45) is 0 Å². The zero-order valence-corrected chi connectivity index (χ0v) is 19.3. The monoisotopic (exact) mass is 476 g/mol. The summed E-state index contributed by atoms with van der Waals surface area (Å²) in [5, 5.41) is 23.5. The molecule has 0 bridgehead atoms. The number of aromatic nitrogens is 2. The van der Waals surface area contributed by atoms with Crippen molar-refractivity contribution >= 4 is 17.7 Å². The summed E-state index contributed by atoms with van der Waals surface area (Å²) in [4.78, 5) is 42.0. The number of hydrogen-bond donors (Lipinski definition) is 3. The van der Waals surface area contributed by atoms with Crippen LogP contribution in [-0.2, 0) is 11.2 Å². The fraction of sp³-hybridized carbons (Fsp3) is 0.308. The SMILES string of the molecule is C[C@@H](C(=O)Nc1ccc(C[C@@H]2CC[C@H]([C@H](O)c3cccnc3)N2C(=O)O)cc1)n1ccccc1=O. The Kier molecular flexibility index (Phi) is 7.26. The first-order chi connectivity index (χ1) is 16.8. The van der Waals surface area contributed by atoms with Gasteiger partial charge < -0.3 is 20.1 Å². The molecule has 3 heterocycles. The molecule has 1 aliphatic heterocycles. The van der Waals surface area contributed by atoms with E-state index in [-0.39, 0.29) is 17.5 Å². The first-order valence-electron chi connectivity index (χ1n) is 11.5. The average molecular weight is 477 g/mol. The van der Waals surface area contributed by atoms with E-state index in [1.165, 1.54) is 15.5 Å². The van der Waals surface area contributed by atoms with E-state index in [0.29, 0.717) is 30.5 Å². The third-order valence-electron chi connectivity index (χ3n) is 6.50. The van der Waals surface area contributed by atoms with Crippen LogP contribution in [0.2, 0.25) is 0 Å². The van der Waals surface area contributed by atoms with Crippen molar-refractivity contribution in [1.29, 1.82) is 0 Å². The van der Waals surface area contributed by atoms with Gasteiger partial charge in [-0.15, -0.1) is 0 Å². The lowest BCUT2D eigenvalue weighted by molar-refractivity contribution is -0.118. The van der Waals surface area contributed by atoms with Gasteiger partial charge in [-0.3, -0.25) is 19.5 Å². The van der Waals surface area contributed by atoms with Crippen LogP contribution in [0.4, 0.5) is 10.5 Å². The Morgan fingerprint density at radius 1 is 1.11 bits per heavy atom. The molecule has 1 fully saturated rings. The maximum absolute atomic E-state index is 12.6. The first kappa shape index (κ1) is 24.2. The van der Waals surface area contributed by atoms with Crippen molar-refractivity contribution in [1.82, 2.24) is 14.5 Å². The summed E-state index contributed by atoms with van der Waals surface area (Å²) in [6.45, 7) is 1.65. The second kappa shape index (κ2) is 10.5. The summed E-state index contributed by atoms with van der Waals surface area (Å²) in [6, 6.07) is 13.9. The number of benzene rings is 1. The standard InChI is InChI=1S/C26H28N4O5/c1-17(29-14-3-2-6-23(29)31)25(33)28-20-9-7-18(8-10-20)15-21-11-12-22(30(21)26(34)35)24(32)19-5-4-13-27-16-19/h2-10,13-14,16-17,21-22,24,32H,11-12,15H2,1H3,(H,28,33)(H,34,35)/t17-,21-,22+,24+/m0/s1. The van der Waals surface area contributed by atoms with E-state index in [0.717, 1.165) is 5.56 Å². The number of anilines is 1. The lowest BCUT2D eigenvalue weighted by Crippen LogP contribution is -2.44. The number of aliphatic hydroxyl groups is 1. The quantitative estimate of drug-likeness (QED) is 0.481. The summed E-state index contributed by atoms with van der Waals surface area (Å²) in [7, 11) is 0. The van der Waals surface area contributed by atoms with E-state index in [4.69, 9.17) is 0 Å². The fourth-order valence-corrected chi connectivity index (χ4v) is 4.62. The lowest BCUT2D eigenvalue weighted by Gasteiger charge is -2.30. The van der Waals surface area contributed by atoms with Gasteiger partial charge in [-0.1, -0.05) is 24.3 Å². The van der Waals surface area contributed by atoms with Gasteiger partial charge in [0.15, 0.2) is 0 Å². The van der Waals surface area contributed by atoms with Gasteiger partial charge in [0.25, 0.3) is 5.56 Å². The van der Waals surface area contributed by atoms with Crippen LogP contribution < -0.4 is 10.9 Å². The molecule has 4 rings (SSSR count). The van der Waals surface area contributed by atoms with Crippen LogP contribution in [0.15, 0.2) is 78.0 Å². The van der Waals surface area contributed by atoms with Crippen LogP contribution in [0, 0.1) is 0 Å². The van der Waals surface area contributed by atoms with Crippen LogP contribution >= 0.6 is 0 Å². The number of carbonyl (C=O) groups is 2. The molecule has 35 heavy (non-hydrogen) atoms. The van der Waals surface area contributed by atoms with Crippen molar-refractivity contribution < 1.29 is 19.8 Å². The smallest absolute Gasteiger partial charge is 0.407 e. The highest BCUT2D eigenvalue weighted by molar-refractivity contribution is 5.93. The predicted octanol–water partition coefficient (Wildman–Crippen LogP) is 3.23. The Morgan fingerprint density at radius 2 is 1.89 bits per heavy atom. The van der Waals surface area contributed by atoms with E-state index >= 15 is 0 Å². The number of carboxylic acid groups (broad SMARTS) is 1. The van der Waals surface area contributed by atoms with Gasteiger partial charge in [0, 0.05) is 41.9 Å². The molecule has 9 heteroatoms. The fourth-order valence-electron chi connectivity index (χ4n) is 4.62. The molecule has 3 aromatic rings. The van der Waals surface area contributed by atoms with E-state index in [1.54, 1.807) is 61.9 Å². The highest BCUT2D eigenvalue weighted by Gasteiger charge is 2.41. The van der Waals surface area contributed by atoms with Gasteiger partial charge in [-0.2, -0.15) is 0 Å². The maximum atomic E-state index is 12.6. The molecule has 9 nitrogen and oxygen atoms in total. The molecule has 4 atom stereocenters. The van der Waals surface area contributed by atoms with Crippen LogP contribution in [0.5, 0.6) is 0 Å².